The lowest BCUT2D eigenvalue weighted by Crippen LogP contribution is -2.50. The standard InChI is InChI=1S/C28H37N3O3/c1-2-22-15-19-31(21-26(32)30-25-14-8-11-18-29-25)20-24(22)34-27(33)28(16-9-3-4-10-17-28)23-12-6-5-7-13-23/h5-8,11-14,18,22,24H,2-4,9-10,15-17,19-21H2,1H3,(H,29,30,32)/t22-,24+/m1/s1. The summed E-state index contributed by atoms with van der Waals surface area (Å²) in [6, 6.07) is 15.7. The van der Waals surface area contributed by atoms with Gasteiger partial charge >= 0.3 is 5.97 Å². The first kappa shape index (κ1) is 24.4. The number of benzene rings is 1. The van der Waals surface area contributed by atoms with Crippen molar-refractivity contribution in [3.63, 3.8) is 0 Å². The van der Waals surface area contributed by atoms with E-state index in [1.54, 1.807) is 12.3 Å². The molecule has 1 saturated heterocycles. The number of nitrogens with zero attached hydrogens (tertiary/aromatic N) is 2. The summed E-state index contributed by atoms with van der Waals surface area (Å²) in [5, 5.41) is 2.86. The second-order valence-corrected chi connectivity index (χ2v) is 9.76. The Hall–Kier alpha value is -2.73. The van der Waals surface area contributed by atoms with Crippen molar-refractivity contribution in [2.45, 2.75) is 69.8 Å². The molecule has 1 aromatic heterocycles. The summed E-state index contributed by atoms with van der Waals surface area (Å²) in [5.74, 6) is 0.696. The third-order valence-corrected chi connectivity index (χ3v) is 7.54. The summed E-state index contributed by atoms with van der Waals surface area (Å²) in [6.45, 7) is 3.84. The molecule has 6 heteroatoms. The Balaban J connectivity index is 1.45. The molecule has 0 spiro atoms. The van der Waals surface area contributed by atoms with Gasteiger partial charge in [-0.1, -0.05) is 69.0 Å². The zero-order chi connectivity index (χ0) is 23.8. The van der Waals surface area contributed by atoms with Gasteiger partial charge in [-0.2, -0.15) is 0 Å². The number of ether oxygens (including phenoxy) is 1. The molecule has 2 aromatic rings. The van der Waals surface area contributed by atoms with Crippen LogP contribution in [-0.2, 0) is 19.7 Å². The molecule has 34 heavy (non-hydrogen) atoms. The highest BCUT2D eigenvalue weighted by Gasteiger charge is 2.44. The van der Waals surface area contributed by atoms with E-state index < -0.39 is 5.41 Å². The number of carbonyl (C=O) groups excluding carboxylic acids is 2. The van der Waals surface area contributed by atoms with E-state index in [2.05, 4.69) is 34.3 Å². The SMILES string of the molecule is CC[C@@H]1CCN(CC(=O)Nc2ccccn2)C[C@@H]1OC(=O)C1(c2ccccc2)CCCCCC1. The van der Waals surface area contributed by atoms with Gasteiger partial charge in [-0.15, -0.1) is 0 Å². The van der Waals surface area contributed by atoms with Gasteiger partial charge in [0, 0.05) is 12.7 Å². The van der Waals surface area contributed by atoms with E-state index in [0.29, 0.717) is 18.3 Å². The molecule has 1 saturated carbocycles. The second-order valence-electron chi connectivity index (χ2n) is 9.76. The normalized spacial score (nSPS) is 23.0. The van der Waals surface area contributed by atoms with Crippen LogP contribution in [-0.4, -0.2) is 47.5 Å². The number of anilines is 1. The third-order valence-electron chi connectivity index (χ3n) is 7.54. The number of carbonyl (C=O) groups is 2. The fraction of sp³-hybridized carbons (Fsp3) is 0.536. The molecule has 1 N–H and O–H groups in total. The molecule has 0 unspecified atom stereocenters. The van der Waals surface area contributed by atoms with Gasteiger partial charge in [-0.05, 0) is 55.8 Å². The number of hydrogen-bond acceptors (Lipinski definition) is 5. The first-order valence-electron chi connectivity index (χ1n) is 12.8. The van der Waals surface area contributed by atoms with Crippen LogP contribution in [0.2, 0.25) is 0 Å². The number of rotatable bonds is 7. The van der Waals surface area contributed by atoms with Gasteiger partial charge in [-0.3, -0.25) is 14.5 Å². The first-order chi connectivity index (χ1) is 16.6. The van der Waals surface area contributed by atoms with Gasteiger partial charge in [0.15, 0.2) is 0 Å². The van der Waals surface area contributed by atoms with Crippen molar-refractivity contribution >= 4 is 17.7 Å². The lowest BCUT2D eigenvalue weighted by Gasteiger charge is -2.40. The molecule has 0 bridgehead atoms. The van der Waals surface area contributed by atoms with Gasteiger partial charge in [0.2, 0.25) is 5.91 Å². The number of likely N-dealkylation sites (tertiary alicyclic amines) is 1. The van der Waals surface area contributed by atoms with Crippen LogP contribution in [0.25, 0.3) is 0 Å². The molecule has 2 aliphatic rings. The number of nitrogens with one attached hydrogen (secondary N) is 1. The van der Waals surface area contributed by atoms with Crippen LogP contribution in [0.4, 0.5) is 5.82 Å². The Morgan fingerprint density at radius 3 is 2.47 bits per heavy atom. The quantitative estimate of drug-likeness (QED) is 0.464. The largest absolute Gasteiger partial charge is 0.460 e. The summed E-state index contributed by atoms with van der Waals surface area (Å²) < 4.78 is 6.35. The average molecular weight is 464 g/mol. The maximum atomic E-state index is 13.8. The first-order valence-corrected chi connectivity index (χ1v) is 12.8. The number of aromatic nitrogens is 1. The summed E-state index contributed by atoms with van der Waals surface area (Å²) in [7, 11) is 0. The predicted octanol–water partition coefficient (Wildman–Crippen LogP) is 4.96. The van der Waals surface area contributed by atoms with Crippen molar-refractivity contribution in [1.29, 1.82) is 0 Å². The molecule has 4 rings (SSSR count). The number of esters is 1. The monoisotopic (exact) mass is 463 g/mol. The van der Waals surface area contributed by atoms with E-state index in [-0.39, 0.29) is 24.5 Å². The molecule has 2 heterocycles. The van der Waals surface area contributed by atoms with Gasteiger partial charge in [0.1, 0.15) is 11.9 Å². The summed E-state index contributed by atoms with van der Waals surface area (Å²) >= 11 is 0. The van der Waals surface area contributed by atoms with E-state index in [4.69, 9.17) is 4.74 Å². The van der Waals surface area contributed by atoms with Crippen molar-refractivity contribution in [2.75, 3.05) is 25.0 Å². The molecule has 1 aliphatic heterocycles. The van der Waals surface area contributed by atoms with Crippen LogP contribution in [0.3, 0.4) is 0 Å². The Morgan fingerprint density at radius 1 is 1.06 bits per heavy atom. The van der Waals surface area contributed by atoms with Crippen LogP contribution >= 0.6 is 0 Å². The van der Waals surface area contributed by atoms with Crippen molar-refractivity contribution in [3.8, 4) is 0 Å². The van der Waals surface area contributed by atoms with Gasteiger partial charge in [0.25, 0.3) is 0 Å². The molecule has 6 nitrogen and oxygen atoms in total. The van der Waals surface area contributed by atoms with Crippen molar-refractivity contribution < 1.29 is 14.3 Å². The minimum Gasteiger partial charge on any atom is -0.460 e. The average Bonchev–Trinajstić information content (AvgIpc) is 3.13. The van der Waals surface area contributed by atoms with Gasteiger partial charge in [0.05, 0.1) is 12.0 Å². The summed E-state index contributed by atoms with van der Waals surface area (Å²) in [6.07, 6.45) is 9.46. The van der Waals surface area contributed by atoms with E-state index >= 15 is 0 Å². The van der Waals surface area contributed by atoms with Crippen LogP contribution < -0.4 is 5.32 Å². The molecule has 2 atom stereocenters. The Morgan fingerprint density at radius 2 is 1.79 bits per heavy atom. The number of hydrogen-bond donors (Lipinski definition) is 1. The highest BCUT2D eigenvalue weighted by molar-refractivity contribution is 5.91. The van der Waals surface area contributed by atoms with E-state index in [0.717, 1.165) is 50.6 Å². The molecule has 182 valence electrons. The fourth-order valence-electron chi connectivity index (χ4n) is 5.55. The number of pyridine rings is 1. The van der Waals surface area contributed by atoms with E-state index in [9.17, 15) is 9.59 Å². The summed E-state index contributed by atoms with van der Waals surface area (Å²) in [5.41, 5.74) is 0.520. The van der Waals surface area contributed by atoms with Crippen molar-refractivity contribution in [1.82, 2.24) is 9.88 Å². The molecular formula is C28H37N3O3. The topological polar surface area (TPSA) is 71.5 Å². The minimum absolute atomic E-state index is 0.0798. The molecule has 1 aliphatic carbocycles. The van der Waals surface area contributed by atoms with Crippen molar-refractivity contribution in [2.24, 2.45) is 5.92 Å². The molecule has 1 amide bonds. The minimum atomic E-state index is -0.561. The second kappa shape index (κ2) is 11.6. The molecule has 2 fully saturated rings. The van der Waals surface area contributed by atoms with Gasteiger partial charge < -0.3 is 10.1 Å². The highest BCUT2D eigenvalue weighted by atomic mass is 16.5. The van der Waals surface area contributed by atoms with Crippen LogP contribution in [0.1, 0.15) is 63.9 Å². The molecular weight excluding hydrogens is 426 g/mol. The lowest BCUT2D eigenvalue weighted by atomic mass is 9.74. The van der Waals surface area contributed by atoms with Crippen molar-refractivity contribution in [3.05, 3.63) is 60.3 Å². The predicted molar refractivity (Wildman–Crippen MR) is 133 cm³/mol. The van der Waals surface area contributed by atoms with Crippen LogP contribution in [0, 0.1) is 5.92 Å². The maximum absolute atomic E-state index is 13.8. The fourth-order valence-corrected chi connectivity index (χ4v) is 5.55. The summed E-state index contributed by atoms with van der Waals surface area (Å²) in [4.78, 5) is 32.7. The zero-order valence-corrected chi connectivity index (χ0v) is 20.2. The maximum Gasteiger partial charge on any atom is 0.316 e. The highest BCUT2D eigenvalue weighted by Crippen LogP contribution is 2.40. The Labute approximate surface area is 203 Å². The smallest absolute Gasteiger partial charge is 0.316 e. The number of amides is 1. The van der Waals surface area contributed by atoms with Crippen LogP contribution in [0.15, 0.2) is 54.7 Å². The van der Waals surface area contributed by atoms with Gasteiger partial charge in [-0.25, -0.2) is 4.98 Å². The third kappa shape index (κ3) is 5.84. The van der Waals surface area contributed by atoms with Crippen LogP contribution in [0.5, 0.6) is 0 Å². The van der Waals surface area contributed by atoms with E-state index in [1.165, 1.54) is 12.8 Å². The molecule has 1 aromatic carbocycles. The molecule has 0 radical (unpaired) electrons. The lowest BCUT2D eigenvalue weighted by molar-refractivity contribution is -0.163. The van der Waals surface area contributed by atoms with E-state index in [1.807, 2.05) is 30.3 Å². The number of piperidine rings is 1. The zero-order valence-electron chi connectivity index (χ0n) is 20.2. The Bertz CT molecular complexity index is 926. The Kier molecular flexibility index (Phi) is 8.33.